The van der Waals surface area contributed by atoms with E-state index in [1.165, 1.54) is 50.7 Å². The number of amides is 1. The Morgan fingerprint density at radius 2 is 1.91 bits per heavy atom. The summed E-state index contributed by atoms with van der Waals surface area (Å²) >= 11 is 2.04. The molecule has 1 unspecified atom stereocenters. The molecule has 23 heavy (non-hydrogen) atoms. The van der Waals surface area contributed by atoms with Crippen molar-refractivity contribution >= 4 is 47.6 Å². The first-order valence-corrected chi connectivity index (χ1v) is 9.56. The molecule has 0 aromatic rings. The van der Waals surface area contributed by atoms with Gasteiger partial charge < -0.3 is 15.5 Å². The highest BCUT2D eigenvalue weighted by molar-refractivity contribution is 14.0. The van der Waals surface area contributed by atoms with Gasteiger partial charge in [-0.1, -0.05) is 19.3 Å². The van der Waals surface area contributed by atoms with Gasteiger partial charge in [-0.15, -0.1) is 24.0 Å². The molecule has 0 radical (unpaired) electrons. The van der Waals surface area contributed by atoms with Gasteiger partial charge in [-0.05, 0) is 31.4 Å². The summed E-state index contributed by atoms with van der Waals surface area (Å²) in [4.78, 5) is 17.8. The predicted molar refractivity (Wildman–Crippen MR) is 110 cm³/mol. The molecule has 1 aliphatic heterocycles. The topological polar surface area (TPSA) is 56.7 Å². The highest BCUT2D eigenvalue weighted by Gasteiger charge is 2.18. The summed E-state index contributed by atoms with van der Waals surface area (Å²) in [5.41, 5.74) is 0. The maximum absolute atomic E-state index is 11.8. The molecule has 7 heteroatoms. The Bertz CT molecular complexity index is 380. The van der Waals surface area contributed by atoms with Crippen molar-refractivity contribution in [3.8, 4) is 0 Å². The Labute approximate surface area is 161 Å². The van der Waals surface area contributed by atoms with E-state index in [0.717, 1.165) is 12.5 Å². The molecule has 1 saturated carbocycles. The maximum Gasteiger partial charge on any atom is 0.243 e. The van der Waals surface area contributed by atoms with Gasteiger partial charge in [-0.25, -0.2) is 4.99 Å². The van der Waals surface area contributed by atoms with Crippen molar-refractivity contribution in [3.63, 3.8) is 0 Å². The van der Waals surface area contributed by atoms with Gasteiger partial charge in [0.15, 0.2) is 5.96 Å². The second kappa shape index (κ2) is 11.4. The molecule has 1 heterocycles. The molecule has 2 N–H and O–H groups in total. The highest BCUT2D eigenvalue weighted by Crippen LogP contribution is 2.25. The molecule has 5 nitrogen and oxygen atoms in total. The van der Waals surface area contributed by atoms with Gasteiger partial charge in [0.1, 0.15) is 6.54 Å². The minimum atomic E-state index is 0. The zero-order valence-corrected chi connectivity index (χ0v) is 17.5. The fraction of sp³-hybridized carbons (Fsp3) is 0.875. The van der Waals surface area contributed by atoms with Gasteiger partial charge in [0.05, 0.1) is 0 Å². The number of aliphatic imine (C=N–C) groups is 1. The van der Waals surface area contributed by atoms with Crippen molar-refractivity contribution in [2.45, 2.75) is 56.2 Å². The summed E-state index contributed by atoms with van der Waals surface area (Å²) in [6.07, 6.45) is 8.95. The average Bonchev–Trinajstić information content (AvgIpc) is 3.04. The van der Waals surface area contributed by atoms with Crippen molar-refractivity contribution in [1.82, 2.24) is 15.5 Å². The van der Waals surface area contributed by atoms with Crippen LogP contribution in [0.3, 0.4) is 0 Å². The van der Waals surface area contributed by atoms with Crippen LogP contribution in [0, 0.1) is 0 Å². The SMILES string of the molecule is CN(C)C(=O)CN=C(NCC1CCCS1)NC1CCCCC1.I. The van der Waals surface area contributed by atoms with Gasteiger partial charge in [0.25, 0.3) is 0 Å². The molecular formula is C16H31IN4OS. The molecule has 2 aliphatic rings. The quantitative estimate of drug-likeness (QED) is 0.381. The van der Waals surface area contributed by atoms with Crippen LogP contribution in [0.1, 0.15) is 44.9 Å². The first kappa shape index (κ1) is 20.9. The number of nitrogens with one attached hydrogen (secondary N) is 2. The number of carbonyl (C=O) groups excluding carboxylic acids is 1. The molecular weight excluding hydrogens is 423 g/mol. The molecule has 0 aromatic carbocycles. The van der Waals surface area contributed by atoms with E-state index >= 15 is 0 Å². The average molecular weight is 454 g/mol. The van der Waals surface area contributed by atoms with Gasteiger partial charge in [0, 0.05) is 31.9 Å². The monoisotopic (exact) mass is 454 g/mol. The Kier molecular flexibility index (Phi) is 10.3. The normalized spacial score (nSPS) is 22.3. The number of carbonyl (C=O) groups is 1. The number of hydrogen-bond acceptors (Lipinski definition) is 3. The third-order valence-electron chi connectivity index (χ3n) is 4.34. The molecule has 0 bridgehead atoms. The molecule has 134 valence electrons. The minimum absolute atomic E-state index is 0. The standard InChI is InChI=1S/C16H30N4OS.HI/c1-20(2)15(21)12-18-16(17-11-14-9-6-10-22-14)19-13-7-4-3-5-8-13;/h13-14H,3-12H2,1-2H3,(H2,17,18,19);1H. The zero-order valence-electron chi connectivity index (χ0n) is 14.3. The first-order chi connectivity index (χ1) is 10.6. The number of thioether (sulfide) groups is 1. The van der Waals surface area contributed by atoms with Crippen molar-refractivity contribution in [3.05, 3.63) is 0 Å². The Balaban J connectivity index is 0.00000264. The predicted octanol–water partition coefficient (Wildman–Crippen LogP) is 2.46. The lowest BCUT2D eigenvalue weighted by Gasteiger charge is -2.25. The maximum atomic E-state index is 11.8. The summed E-state index contributed by atoms with van der Waals surface area (Å²) in [5.74, 6) is 2.13. The first-order valence-electron chi connectivity index (χ1n) is 8.52. The van der Waals surface area contributed by atoms with Crippen molar-refractivity contribution in [2.75, 3.05) is 32.9 Å². The third-order valence-corrected chi connectivity index (χ3v) is 5.74. The molecule has 1 saturated heterocycles. The van der Waals surface area contributed by atoms with Crippen LogP contribution < -0.4 is 10.6 Å². The second-order valence-corrected chi connectivity index (χ2v) is 7.86. The number of hydrogen-bond donors (Lipinski definition) is 2. The van der Waals surface area contributed by atoms with E-state index in [9.17, 15) is 4.79 Å². The van der Waals surface area contributed by atoms with Gasteiger partial charge in [-0.3, -0.25) is 4.79 Å². The fourth-order valence-electron chi connectivity index (χ4n) is 2.90. The third kappa shape index (κ3) is 7.96. The molecule has 1 aliphatic carbocycles. The second-order valence-electron chi connectivity index (χ2n) is 6.45. The Morgan fingerprint density at radius 3 is 2.52 bits per heavy atom. The van der Waals surface area contributed by atoms with Crippen LogP contribution in [0.2, 0.25) is 0 Å². The molecule has 1 amide bonds. The van der Waals surface area contributed by atoms with Gasteiger partial charge in [0.2, 0.25) is 5.91 Å². The Hall–Kier alpha value is -0.180. The van der Waals surface area contributed by atoms with E-state index in [4.69, 9.17) is 0 Å². The van der Waals surface area contributed by atoms with Crippen LogP contribution in [-0.4, -0.2) is 61.0 Å². The van der Waals surface area contributed by atoms with Crippen LogP contribution in [0.5, 0.6) is 0 Å². The number of likely N-dealkylation sites (N-methyl/N-ethyl adjacent to an activating group) is 1. The van der Waals surface area contributed by atoms with Crippen LogP contribution in [-0.2, 0) is 4.79 Å². The molecule has 0 aromatic heterocycles. The smallest absolute Gasteiger partial charge is 0.243 e. The van der Waals surface area contributed by atoms with Crippen LogP contribution in [0.25, 0.3) is 0 Å². The molecule has 2 rings (SSSR count). The van der Waals surface area contributed by atoms with Crippen molar-refractivity contribution < 1.29 is 4.79 Å². The number of halogens is 1. The summed E-state index contributed by atoms with van der Waals surface area (Å²) in [5, 5.41) is 7.67. The minimum Gasteiger partial charge on any atom is -0.355 e. The molecule has 1 atom stereocenters. The van der Waals surface area contributed by atoms with E-state index in [-0.39, 0.29) is 36.4 Å². The largest absolute Gasteiger partial charge is 0.355 e. The zero-order chi connectivity index (χ0) is 15.8. The number of nitrogens with zero attached hydrogens (tertiary/aromatic N) is 2. The van der Waals surface area contributed by atoms with E-state index < -0.39 is 0 Å². The van der Waals surface area contributed by atoms with E-state index in [0.29, 0.717) is 11.3 Å². The molecule has 2 fully saturated rings. The van der Waals surface area contributed by atoms with Crippen LogP contribution >= 0.6 is 35.7 Å². The number of rotatable bonds is 5. The van der Waals surface area contributed by atoms with Crippen molar-refractivity contribution in [2.24, 2.45) is 4.99 Å². The van der Waals surface area contributed by atoms with E-state index in [2.05, 4.69) is 15.6 Å². The van der Waals surface area contributed by atoms with E-state index in [1.54, 1.807) is 19.0 Å². The highest BCUT2D eigenvalue weighted by atomic mass is 127. The van der Waals surface area contributed by atoms with Gasteiger partial charge >= 0.3 is 0 Å². The summed E-state index contributed by atoms with van der Waals surface area (Å²) in [7, 11) is 3.55. The number of guanidine groups is 1. The van der Waals surface area contributed by atoms with Crippen LogP contribution in [0.15, 0.2) is 4.99 Å². The van der Waals surface area contributed by atoms with Crippen molar-refractivity contribution in [1.29, 1.82) is 0 Å². The molecule has 0 spiro atoms. The lowest BCUT2D eigenvalue weighted by atomic mass is 9.96. The summed E-state index contributed by atoms with van der Waals surface area (Å²) in [6, 6.07) is 0.505. The lowest BCUT2D eigenvalue weighted by molar-refractivity contribution is -0.127. The van der Waals surface area contributed by atoms with Gasteiger partial charge in [-0.2, -0.15) is 11.8 Å². The van der Waals surface area contributed by atoms with Crippen LogP contribution in [0.4, 0.5) is 0 Å². The van der Waals surface area contributed by atoms with E-state index in [1.807, 2.05) is 11.8 Å². The summed E-state index contributed by atoms with van der Waals surface area (Å²) < 4.78 is 0. The fourth-order valence-corrected chi connectivity index (χ4v) is 4.10. The lowest BCUT2D eigenvalue weighted by Crippen LogP contribution is -2.46. The summed E-state index contributed by atoms with van der Waals surface area (Å²) in [6.45, 7) is 1.16. The Morgan fingerprint density at radius 1 is 1.17 bits per heavy atom.